The second kappa shape index (κ2) is 5.50. The summed E-state index contributed by atoms with van der Waals surface area (Å²) in [5.74, 6) is 0. The van der Waals surface area contributed by atoms with E-state index in [-0.39, 0.29) is 0 Å². The maximum atomic E-state index is 5.95. The van der Waals surface area contributed by atoms with Crippen LogP contribution in [0.4, 0.5) is 0 Å². The van der Waals surface area contributed by atoms with Crippen LogP contribution >= 0.6 is 0 Å². The summed E-state index contributed by atoms with van der Waals surface area (Å²) in [7, 11) is 0. The molecular weight excluding hydrogens is 196 g/mol. The number of hydrogen-bond acceptors (Lipinski definition) is 2. The predicted octanol–water partition coefficient (Wildman–Crippen LogP) is 2.92. The number of hydrogen-bond donors (Lipinski definition) is 2. The molecule has 2 unspecified atom stereocenters. The van der Waals surface area contributed by atoms with E-state index < -0.39 is 0 Å². The van der Waals surface area contributed by atoms with Gasteiger partial charge in [0, 0.05) is 6.04 Å². The van der Waals surface area contributed by atoms with Gasteiger partial charge in [0.2, 0.25) is 0 Å². The fourth-order valence-corrected chi connectivity index (χ4v) is 3.42. The first-order valence-corrected chi connectivity index (χ1v) is 6.84. The zero-order valence-corrected chi connectivity index (χ0v) is 11.6. The van der Waals surface area contributed by atoms with E-state index in [9.17, 15) is 0 Å². The zero-order chi connectivity index (χ0) is 12.2. The maximum Gasteiger partial charge on any atom is 0.00778 e. The van der Waals surface area contributed by atoms with Gasteiger partial charge in [0.15, 0.2) is 0 Å². The van der Waals surface area contributed by atoms with Crippen LogP contribution in [0.1, 0.15) is 59.8 Å². The number of unbranched alkanes of at least 4 members (excludes halogenated alkanes) is 1. The molecule has 0 bridgehead atoms. The molecule has 1 aliphatic rings. The normalized spacial score (nSPS) is 33.9. The molecule has 2 atom stereocenters. The first-order valence-electron chi connectivity index (χ1n) is 6.84. The first-order chi connectivity index (χ1) is 7.41. The monoisotopic (exact) mass is 226 g/mol. The van der Waals surface area contributed by atoms with Gasteiger partial charge in [-0.05, 0) is 49.6 Å². The molecule has 0 amide bonds. The standard InChI is InChI=1S/C14H30N2/c1-5-6-7-16-12-8-13(2,3)10-14(4,9-12)11-15/h12,16H,5-11,15H2,1-4H3. The van der Waals surface area contributed by atoms with Gasteiger partial charge in [0.05, 0.1) is 0 Å². The van der Waals surface area contributed by atoms with Gasteiger partial charge < -0.3 is 11.1 Å². The predicted molar refractivity (Wildman–Crippen MR) is 71.5 cm³/mol. The van der Waals surface area contributed by atoms with Crippen LogP contribution in [-0.2, 0) is 0 Å². The maximum absolute atomic E-state index is 5.95. The molecule has 3 N–H and O–H groups in total. The van der Waals surface area contributed by atoms with Crippen molar-refractivity contribution < 1.29 is 0 Å². The van der Waals surface area contributed by atoms with E-state index in [1.54, 1.807) is 0 Å². The van der Waals surface area contributed by atoms with Crippen molar-refractivity contribution in [3.8, 4) is 0 Å². The topological polar surface area (TPSA) is 38.0 Å². The molecule has 0 aromatic heterocycles. The molecular formula is C14H30N2. The van der Waals surface area contributed by atoms with Gasteiger partial charge in [0.1, 0.15) is 0 Å². The minimum atomic E-state index is 0.339. The summed E-state index contributed by atoms with van der Waals surface area (Å²) in [5, 5.41) is 3.71. The van der Waals surface area contributed by atoms with Crippen molar-refractivity contribution in [3.05, 3.63) is 0 Å². The Morgan fingerprint density at radius 3 is 2.50 bits per heavy atom. The van der Waals surface area contributed by atoms with Crippen LogP contribution in [0.15, 0.2) is 0 Å². The van der Waals surface area contributed by atoms with Crippen LogP contribution in [0.2, 0.25) is 0 Å². The van der Waals surface area contributed by atoms with E-state index >= 15 is 0 Å². The molecule has 0 aromatic carbocycles. The van der Waals surface area contributed by atoms with Gasteiger partial charge in [-0.15, -0.1) is 0 Å². The third kappa shape index (κ3) is 4.06. The summed E-state index contributed by atoms with van der Waals surface area (Å²) >= 11 is 0. The van der Waals surface area contributed by atoms with Crippen LogP contribution in [-0.4, -0.2) is 19.1 Å². The zero-order valence-electron chi connectivity index (χ0n) is 11.6. The van der Waals surface area contributed by atoms with Crippen molar-refractivity contribution in [1.29, 1.82) is 0 Å². The Labute approximate surface area is 101 Å². The van der Waals surface area contributed by atoms with E-state index in [2.05, 4.69) is 33.0 Å². The van der Waals surface area contributed by atoms with Gasteiger partial charge in [-0.1, -0.05) is 34.1 Å². The van der Waals surface area contributed by atoms with Crippen LogP contribution in [0, 0.1) is 10.8 Å². The second-order valence-corrected chi connectivity index (χ2v) is 6.77. The Morgan fingerprint density at radius 2 is 1.94 bits per heavy atom. The lowest BCUT2D eigenvalue weighted by Gasteiger charge is -2.46. The molecule has 0 aliphatic heterocycles. The lowest BCUT2D eigenvalue weighted by Crippen LogP contribution is -2.47. The van der Waals surface area contributed by atoms with Gasteiger partial charge in [-0.2, -0.15) is 0 Å². The quantitative estimate of drug-likeness (QED) is 0.707. The molecule has 1 saturated carbocycles. The third-order valence-corrected chi connectivity index (χ3v) is 3.90. The molecule has 0 radical (unpaired) electrons. The van der Waals surface area contributed by atoms with E-state index in [1.165, 1.54) is 32.1 Å². The van der Waals surface area contributed by atoms with Crippen molar-refractivity contribution in [3.63, 3.8) is 0 Å². The van der Waals surface area contributed by atoms with Crippen molar-refractivity contribution in [2.24, 2.45) is 16.6 Å². The van der Waals surface area contributed by atoms with E-state index in [0.717, 1.165) is 13.1 Å². The Bertz CT molecular complexity index is 213. The van der Waals surface area contributed by atoms with Gasteiger partial charge in [-0.3, -0.25) is 0 Å². The molecule has 0 heterocycles. The molecule has 2 nitrogen and oxygen atoms in total. The van der Waals surface area contributed by atoms with Crippen LogP contribution in [0.5, 0.6) is 0 Å². The highest BCUT2D eigenvalue weighted by atomic mass is 14.9. The summed E-state index contributed by atoms with van der Waals surface area (Å²) < 4.78 is 0. The van der Waals surface area contributed by atoms with Crippen LogP contribution in [0.25, 0.3) is 0 Å². The minimum absolute atomic E-state index is 0.339. The first kappa shape index (κ1) is 14.0. The van der Waals surface area contributed by atoms with E-state index in [0.29, 0.717) is 16.9 Å². The SMILES string of the molecule is CCCCNC1CC(C)(C)CC(C)(CN)C1. The summed E-state index contributed by atoms with van der Waals surface area (Å²) in [4.78, 5) is 0. The number of nitrogens with one attached hydrogen (secondary N) is 1. The molecule has 1 fully saturated rings. The molecule has 2 heteroatoms. The highest BCUT2D eigenvalue weighted by Crippen LogP contribution is 2.45. The molecule has 96 valence electrons. The highest BCUT2D eigenvalue weighted by molar-refractivity contribution is 4.94. The van der Waals surface area contributed by atoms with E-state index in [4.69, 9.17) is 5.73 Å². The summed E-state index contributed by atoms with van der Waals surface area (Å²) in [6, 6.07) is 0.670. The van der Waals surface area contributed by atoms with Crippen molar-refractivity contribution in [2.45, 2.75) is 65.8 Å². The summed E-state index contributed by atoms with van der Waals surface area (Å²) in [6.07, 6.45) is 6.37. The van der Waals surface area contributed by atoms with Crippen LogP contribution < -0.4 is 11.1 Å². The summed E-state index contributed by atoms with van der Waals surface area (Å²) in [6.45, 7) is 11.3. The van der Waals surface area contributed by atoms with Crippen molar-refractivity contribution in [2.75, 3.05) is 13.1 Å². The fourth-order valence-electron chi connectivity index (χ4n) is 3.42. The van der Waals surface area contributed by atoms with Crippen LogP contribution in [0.3, 0.4) is 0 Å². The van der Waals surface area contributed by atoms with Crippen molar-refractivity contribution >= 4 is 0 Å². The molecule has 16 heavy (non-hydrogen) atoms. The average Bonchev–Trinajstić information content (AvgIpc) is 2.15. The lowest BCUT2D eigenvalue weighted by atomic mass is 9.62. The smallest absolute Gasteiger partial charge is 0.00778 e. The lowest BCUT2D eigenvalue weighted by molar-refractivity contribution is 0.0772. The Balaban J connectivity index is 2.52. The van der Waals surface area contributed by atoms with E-state index in [1.807, 2.05) is 0 Å². The Morgan fingerprint density at radius 1 is 1.25 bits per heavy atom. The molecule has 0 saturated heterocycles. The van der Waals surface area contributed by atoms with Gasteiger partial charge in [-0.25, -0.2) is 0 Å². The fraction of sp³-hybridized carbons (Fsp3) is 1.00. The second-order valence-electron chi connectivity index (χ2n) is 6.77. The molecule has 0 spiro atoms. The Kier molecular flexibility index (Phi) is 4.81. The minimum Gasteiger partial charge on any atom is -0.330 e. The average molecular weight is 226 g/mol. The Hall–Kier alpha value is -0.0800. The highest BCUT2D eigenvalue weighted by Gasteiger charge is 2.39. The van der Waals surface area contributed by atoms with Crippen molar-refractivity contribution in [1.82, 2.24) is 5.32 Å². The van der Waals surface area contributed by atoms with Gasteiger partial charge in [0.25, 0.3) is 0 Å². The largest absolute Gasteiger partial charge is 0.330 e. The number of nitrogens with two attached hydrogens (primary N) is 1. The molecule has 0 aromatic rings. The summed E-state index contributed by atoms with van der Waals surface area (Å²) in [5.41, 5.74) is 6.73. The van der Waals surface area contributed by atoms with Gasteiger partial charge >= 0.3 is 0 Å². The molecule has 1 rings (SSSR count). The number of rotatable bonds is 5. The third-order valence-electron chi connectivity index (χ3n) is 3.90. The molecule has 1 aliphatic carbocycles.